The normalized spacial score (nSPS) is 33.0. The molecule has 1 aliphatic heterocycles. The molecule has 0 aromatic carbocycles. The van der Waals surface area contributed by atoms with Crippen molar-refractivity contribution in [2.45, 2.75) is 71.8 Å². The first-order valence-electron chi connectivity index (χ1n) is 8.59. The molecule has 1 aliphatic carbocycles. The zero-order valence-corrected chi connectivity index (χ0v) is 13.4. The fourth-order valence-electron chi connectivity index (χ4n) is 4.20. The molecular formula is C17H34N2. The molecule has 1 heterocycles. The highest BCUT2D eigenvalue weighted by Gasteiger charge is 2.41. The first kappa shape index (κ1) is 15.3. The number of rotatable bonds is 4. The average molecular weight is 266 g/mol. The number of hydrogen-bond donors (Lipinski definition) is 1. The summed E-state index contributed by atoms with van der Waals surface area (Å²) < 4.78 is 0. The Balaban J connectivity index is 1.89. The summed E-state index contributed by atoms with van der Waals surface area (Å²) in [6, 6.07) is 0.725. The van der Waals surface area contributed by atoms with Crippen LogP contribution in [-0.2, 0) is 0 Å². The topological polar surface area (TPSA) is 15.3 Å². The van der Waals surface area contributed by atoms with Crippen LogP contribution in [0.25, 0.3) is 0 Å². The van der Waals surface area contributed by atoms with Crippen LogP contribution in [0.3, 0.4) is 0 Å². The molecule has 2 rings (SSSR count). The molecule has 19 heavy (non-hydrogen) atoms. The molecule has 0 amide bonds. The van der Waals surface area contributed by atoms with E-state index >= 15 is 0 Å². The van der Waals surface area contributed by atoms with Crippen LogP contribution in [0.4, 0.5) is 0 Å². The predicted molar refractivity (Wildman–Crippen MR) is 83.5 cm³/mol. The summed E-state index contributed by atoms with van der Waals surface area (Å²) in [5.74, 6) is 0.870. The van der Waals surface area contributed by atoms with Gasteiger partial charge in [-0.3, -0.25) is 0 Å². The third-order valence-corrected chi connectivity index (χ3v) is 5.34. The van der Waals surface area contributed by atoms with Gasteiger partial charge in [-0.1, -0.05) is 40.0 Å². The molecule has 2 heteroatoms. The predicted octanol–water partition coefficient (Wildman–Crippen LogP) is 3.67. The van der Waals surface area contributed by atoms with E-state index in [0.717, 1.165) is 18.5 Å². The first-order chi connectivity index (χ1) is 9.13. The van der Waals surface area contributed by atoms with Gasteiger partial charge in [0.1, 0.15) is 0 Å². The summed E-state index contributed by atoms with van der Waals surface area (Å²) in [6.07, 6.45) is 10.0. The summed E-state index contributed by atoms with van der Waals surface area (Å²) in [7, 11) is 0. The van der Waals surface area contributed by atoms with Crippen molar-refractivity contribution in [3.63, 3.8) is 0 Å². The SMILES string of the molecule is CCNC1C(CN2CCCCCCC2)CCC1(C)C. The molecule has 2 atom stereocenters. The Morgan fingerprint density at radius 1 is 1.05 bits per heavy atom. The van der Waals surface area contributed by atoms with Crippen LogP contribution in [-0.4, -0.2) is 37.1 Å². The molecule has 0 radical (unpaired) electrons. The van der Waals surface area contributed by atoms with E-state index in [2.05, 4.69) is 31.0 Å². The second kappa shape index (κ2) is 7.08. The summed E-state index contributed by atoms with van der Waals surface area (Å²) in [5.41, 5.74) is 0.489. The number of likely N-dealkylation sites (tertiary alicyclic amines) is 1. The number of hydrogen-bond acceptors (Lipinski definition) is 2. The minimum atomic E-state index is 0.489. The quantitative estimate of drug-likeness (QED) is 0.835. The second-order valence-corrected chi connectivity index (χ2v) is 7.39. The lowest BCUT2D eigenvalue weighted by Gasteiger charge is -2.35. The third kappa shape index (κ3) is 4.19. The van der Waals surface area contributed by atoms with Crippen LogP contribution in [0.1, 0.15) is 65.7 Å². The average Bonchev–Trinajstić information content (AvgIpc) is 2.60. The molecular weight excluding hydrogens is 232 g/mol. The Morgan fingerprint density at radius 2 is 1.68 bits per heavy atom. The van der Waals surface area contributed by atoms with Gasteiger partial charge in [0.25, 0.3) is 0 Å². The van der Waals surface area contributed by atoms with Gasteiger partial charge in [-0.05, 0) is 56.7 Å². The maximum atomic E-state index is 3.78. The monoisotopic (exact) mass is 266 g/mol. The molecule has 112 valence electrons. The highest BCUT2D eigenvalue weighted by molar-refractivity contribution is 4.97. The van der Waals surface area contributed by atoms with Crippen LogP contribution in [0, 0.1) is 11.3 Å². The van der Waals surface area contributed by atoms with Gasteiger partial charge in [0.15, 0.2) is 0 Å². The Kier molecular flexibility index (Phi) is 5.70. The standard InChI is InChI=1S/C17H34N2/c1-4-18-16-15(10-11-17(16,2)3)14-19-12-8-6-5-7-9-13-19/h15-16,18H,4-14H2,1-3H3. The second-order valence-electron chi connectivity index (χ2n) is 7.39. The van der Waals surface area contributed by atoms with E-state index in [0.29, 0.717) is 5.41 Å². The molecule has 2 aliphatic rings. The van der Waals surface area contributed by atoms with Gasteiger partial charge in [0, 0.05) is 12.6 Å². The minimum Gasteiger partial charge on any atom is -0.313 e. The van der Waals surface area contributed by atoms with Crippen molar-refractivity contribution in [1.82, 2.24) is 10.2 Å². The lowest BCUT2D eigenvalue weighted by Crippen LogP contribution is -2.46. The van der Waals surface area contributed by atoms with Crippen LogP contribution < -0.4 is 5.32 Å². The summed E-state index contributed by atoms with van der Waals surface area (Å²) in [4.78, 5) is 2.76. The molecule has 0 spiro atoms. The van der Waals surface area contributed by atoms with E-state index < -0.39 is 0 Å². The van der Waals surface area contributed by atoms with Crippen molar-refractivity contribution in [3.8, 4) is 0 Å². The summed E-state index contributed by atoms with van der Waals surface area (Å²) >= 11 is 0. The van der Waals surface area contributed by atoms with Gasteiger partial charge in [0.2, 0.25) is 0 Å². The molecule has 2 unspecified atom stereocenters. The lowest BCUT2D eigenvalue weighted by molar-refractivity contribution is 0.174. The maximum Gasteiger partial charge on any atom is 0.0159 e. The van der Waals surface area contributed by atoms with E-state index in [-0.39, 0.29) is 0 Å². The Hall–Kier alpha value is -0.0800. The van der Waals surface area contributed by atoms with Gasteiger partial charge in [-0.15, -0.1) is 0 Å². The molecule has 0 aromatic rings. The number of nitrogens with zero attached hydrogens (tertiary/aromatic N) is 1. The molecule has 1 saturated carbocycles. The highest BCUT2D eigenvalue weighted by Crippen LogP contribution is 2.41. The van der Waals surface area contributed by atoms with Crippen molar-refractivity contribution in [2.24, 2.45) is 11.3 Å². The smallest absolute Gasteiger partial charge is 0.0159 e. The van der Waals surface area contributed by atoms with E-state index in [4.69, 9.17) is 0 Å². The zero-order chi connectivity index (χ0) is 13.7. The Labute approximate surface area is 120 Å². The molecule has 0 bridgehead atoms. The van der Waals surface area contributed by atoms with Gasteiger partial charge in [-0.2, -0.15) is 0 Å². The van der Waals surface area contributed by atoms with E-state index in [1.165, 1.54) is 64.6 Å². The lowest BCUT2D eigenvalue weighted by atomic mass is 9.84. The van der Waals surface area contributed by atoms with E-state index in [1.807, 2.05) is 0 Å². The zero-order valence-electron chi connectivity index (χ0n) is 13.4. The van der Waals surface area contributed by atoms with Gasteiger partial charge >= 0.3 is 0 Å². The third-order valence-electron chi connectivity index (χ3n) is 5.34. The molecule has 1 saturated heterocycles. The van der Waals surface area contributed by atoms with Crippen molar-refractivity contribution >= 4 is 0 Å². The fourth-order valence-corrected chi connectivity index (χ4v) is 4.20. The van der Waals surface area contributed by atoms with Gasteiger partial charge in [-0.25, -0.2) is 0 Å². The largest absolute Gasteiger partial charge is 0.313 e. The van der Waals surface area contributed by atoms with Crippen molar-refractivity contribution in [2.75, 3.05) is 26.2 Å². The molecule has 2 nitrogen and oxygen atoms in total. The summed E-state index contributed by atoms with van der Waals surface area (Å²) in [6.45, 7) is 12.3. The van der Waals surface area contributed by atoms with Crippen LogP contribution in [0.15, 0.2) is 0 Å². The molecule has 1 N–H and O–H groups in total. The highest BCUT2D eigenvalue weighted by atomic mass is 15.1. The van der Waals surface area contributed by atoms with Gasteiger partial charge in [0.05, 0.1) is 0 Å². The molecule has 0 aromatic heterocycles. The van der Waals surface area contributed by atoms with Crippen molar-refractivity contribution in [1.29, 1.82) is 0 Å². The van der Waals surface area contributed by atoms with Crippen molar-refractivity contribution < 1.29 is 0 Å². The number of nitrogens with one attached hydrogen (secondary N) is 1. The van der Waals surface area contributed by atoms with Crippen LogP contribution >= 0.6 is 0 Å². The van der Waals surface area contributed by atoms with Crippen LogP contribution in [0.2, 0.25) is 0 Å². The van der Waals surface area contributed by atoms with E-state index in [1.54, 1.807) is 0 Å². The maximum absolute atomic E-state index is 3.78. The minimum absolute atomic E-state index is 0.489. The Bertz CT molecular complexity index is 254. The van der Waals surface area contributed by atoms with Crippen LogP contribution in [0.5, 0.6) is 0 Å². The first-order valence-corrected chi connectivity index (χ1v) is 8.59. The van der Waals surface area contributed by atoms with E-state index in [9.17, 15) is 0 Å². The summed E-state index contributed by atoms with van der Waals surface area (Å²) in [5, 5.41) is 3.78. The Morgan fingerprint density at radius 3 is 2.32 bits per heavy atom. The fraction of sp³-hybridized carbons (Fsp3) is 1.00. The molecule has 2 fully saturated rings. The van der Waals surface area contributed by atoms with Gasteiger partial charge < -0.3 is 10.2 Å². The van der Waals surface area contributed by atoms with Crippen molar-refractivity contribution in [3.05, 3.63) is 0 Å².